The van der Waals surface area contributed by atoms with Crippen molar-refractivity contribution in [1.29, 1.82) is 5.41 Å². The number of rotatable bonds is 7. The Balaban J connectivity index is 3.40. The molecule has 8 nitrogen and oxygen atoms in total. The van der Waals surface area contributed by atoms with E-state index >= 15 is 0 Å². The SMILES string of the molecule is CC(=O)C1(OC(=N)C(Cl)(Cl)Cl)O[C@H](COCl)[C@@H](OCl)[C@H](OCl)[C@H]1OCl. The molecule has 1 aliphatic heterocycles. The summed E-state index contributed by atoms with van der Waals surface area (Å²) in [5.41, 5.74) is 0. The fraction of sp³-hybridized carbons (Fsp3) is 0.800. The van der Waals surface area contributed by atoms with Gasteiger partial charge in [0, 0.05) is 6.92 Å². The fourth-order valence-corrected chi connectivity index (χ4v) is 2.98. The molecule has 146 valence electrons. The zero-order valence-electron chi connectivity index (χ0n) is 12.0. The smallest absolute Gasteiger partial charge is 0.303 e. The number of carbonyl (C=O) groups excluding carboxylic acids is 1. The second-order valence-electron chi connectivity index (χ2n) is 4.70. The van der Waals surface area contributed by atoms with E-state index in [0.29, 0.717) is 0 Å². The normalized spacial score (nSPS) is 33.1. The Morgan fingerprint density at radius 2 is 1.68 bits per heavy atom. The van der Waals surface area contributed by atoms with Gasteiger partial charge in [-0.3, -0.25) is 27.4 Å². The predicted molar refractivity (Wildman–Crippen MR) is 91.4 cm³/mol. The molecular weight excluding hydrogens is 494 g/mol. The first kappa shape index (κ1) is 24.0. The van der Waals surface area contributed by atoms with Crippen molar-refractivity contribution in [1.82, 2.24) is 0 Å². The number of halogens is 7. The number of ketones is 1. The van der Waals surface area contributed by atoms with Gasteiger partial charge in [-0.05, 0) is 0 Å². The first-order valence-corrected chi connectivity index (χ1v) is 8.55. The molecule has 5 atom stereocenters. The summed E-state index contributed by atoms with van der Waals surface area (Å²) < 4.78 is 27.0. The number of nitrogens with one attached hydrogen (secondary N) is 1. The largest absolute Gasteiger partial charge is 0.435 e. The fourth-order valence-electron chi connectivity index (χ4n) is 2.11. The molecule has 0 amide bonds. The highest BCUT2D eigenvalue weighted by Gasteiger charge is 2.63. The molecule has 1 rings (SSSR count). The molecule has 0 aliphatic carbocycles. The molecule has 1 aliphatic rings. The summed E-state index contributed by atoms with van der Waals surface area (Å²) in [5, 5.41) is 7.71. The lowest BCUT2D eigenvalue weighted by atomic mass is 9.90. The molecule has 1 heterocycles. The predicted octanol–water partition coefficient (Wildman–Crippen LogP) is 3.82. The molecule has 1 saturated heterocycles. The van der Waals surface area contributed by atoms with Crippen LogP contribution in [0.15, 0.2) is 0 Å². The van der Waals surface area contributed by atoms with Crippen molar-refractivity contribution in [2.75, 3.05) is 6.61 Å². The summed E-state index contributed by atoms with van der Waals surface area (Å²) in [7, 11) is 0. The lowest BCUT2D eigenvalue weighted by molar-refractivity contribution is -0.310. The van der Waals surface area contributed by atoms with Crippen molar-refractivity contribution < 1.29 is 31.4 Å². The van der Waals surface area contributed by atoms with E-state index in [-0.39, 0.29) is 6.61 Å². The highest BCUT2D eigenvalue weighted by molar-refractivity contribution is 6.76. The van der Waals surface area contributed by atoms with Gasteiger partial charge < -0.3 is 9.47 Å². The Hall–Kier alpha value is 0.970. The van der Waals surface area contributed by atoms with E-state index in [1.165, 1.54) is 0 Å². The van der Waals surface area contributed by atoms with Crippen LogP contribution in [0, 0.1) is 5.41 Å². The Labute approximate surface area is 177 Å². The summed E-state index contributed by atoms with van der Waals surface area (Å²) in [6.07, 6.45) is -5.27. The quantitative estimate of drug-likeness (QED) is 0.320. The van der Waals surface area contributed by atoms with Crippen molar-refractivity contribution in [3.63, 3.8) is 0 Å². The number of hydrogen-bond donors (Lipinski definition) is 1. The van der Waals surface area contributed by atoms with Gasteiger partial charge in [0.25, 0.3) is 3.79 Å². The Morgan fingerprint density at radius 1 is 1.12 bits per heavy atom. The highest BCUT2D eigenvalue weighted by atomic mass is 35.6. The van der Waals surface area contributed by atoms with Gasteiger partial charge in [0.1, 0.15) is 18.3 Å². The maximum Gasteiger partial charge on any atom is 0.303 e. The molecule has 1 fully saturated rings. The molecular formula is C10H10Cl7NO7. The van der Waals surface area contributed by atoms with E-state index in [1.807, 2.05) is 0 Å². The highest BCUT2D eigenvalue weighted by Crippen LogP contribution is 2.41. The third kappa shape index (κ3) is 5.28. The monoisotopic (exact) mass is 501 g/mol. The third-order valence-electron chi connectivity index (χ3n) is 3.22. The van der Waals surface area contributed by atoms with Crippen LogP contribution in [-0.4, -0.2) is 52.3 Å². The van der Waals surface area contributed by atoms with Crippen LogP contribution in [0.5, 0.6) is 0 Å². The van der Waals surface area contributed by atoms with E-state index in [4.69, 9.17) is 110 Å². The van der Waals surface area contributed by atoms with Crippen LogP contribution in [0.25, 0.3) is 0 Å². The summed E-state index contributed by atoms with van der Waals surface area (Å²) in [6, 6.07) is 0. The molecule has 0 aromatic carbocycles. The van der Waals surface area contributed by atoms with Crippen molar-refractivity contribution in [3.8, 4) is 0 Å². The minimum atomic E-state index is -2.41. The van der Waals surface area contributed by atoms with Crippen LogP contribution in [-0.2, 0) is 31.4 Å². The molecule has 0 radical (unpaired) electrons. The minimum absolute atomic E-state index is 0.357. The summed E-state index contributed by atoms with van der Waals surface area (Å²) in [6.45, 7) is 0.685. The third-order valence-corrected chi connectivity index (χ3v) is 4.46. The average Bonchev–Trinajstić information content (AvgIpc) is 2.53. The lowest BCUT2D eigenvalue weighted by Gasteiger charge is -2.48. The van der Waals surface area contributed by atoms with Gasteiger partial charge in [0.2, 0.25) is 11.7 Å². The number of hydrogen-bond acceptors (Lipinski definition) is 8. The van der Waals surface area contributed by atoms with E-state index in [1.54, 1.807) is 0 Å². The van der Waals surface area contributed by atoms with Crippen LogP contribution in [0.4, 0.5) is 0 Å². The first-order valence-electron chi connectivity index (χ1n) is 6.18. The van der Waals surface area contributed by atoms with Crippen LogP contribution in [0.1, 0.15) is 6.92 Å². The maximum absolute atomic E-state index is 12.3. The second-order valence-corrected chi connectivity index (χ2v) is 7.74. The van der Waals surface area contributed by atoms with Gasteiger partial charge in [0.05, 0.1) is 54.1 Å². The van der Waals surface area contributed by atoms with E-state index in [0.717, 1.165) is 6.92 Å². The maximum atomic E-state index is 12.3. The van der Waals surface area contributed by atoms with E-state index in [9.17, 15) is 4.79 Å². The van der Waals surface area contributed by atoms with Gasteiger partial charge in [0.15, 0.2) is 6.10 Å². The number of ether oxygens (including phenoxy) is 2. The van der Waals surface area contributed by atoms with Crippen molar-refractivity contribution in [2.24, 2.45) is 0 Å². The van der Waals surface area contributed by atoms with Crippen LogP contribution >= 0.6 is 82.3 Å². The van der Waals surface area contributed by atoms with Gasteiger partial charge in [-0.1, -0.05) is 34.8 Å². The Morgan fingerprint density at radius 3 is 2.04 bits per heavy atom. The number of alkyl halides is 3. The zero-order valence-corrected chi connectivity index (χ0v) is 17.3. The van der Waals surface area contributed by atoms with E-state index < -0.39 is 45.7 Å². The molecule has 25 heavy (non-hydrogen) atoms. The summed E-state index contributed by atoms with van der Waals surface area (Å²) in [4.78, 5) is 12.3. The molecule has 1 unspecified atom stereocenters. The summed E-state index contributed by atoms with van der Waals surface area (Å²) in [5.74, 6) is -4.20. The zero-order chi connectivity index (χ0) is 19.4. The van der Waals surface area contributed by atoms with Gasteiger partial charge in [-0.2, -0.15) is 0 Å². The van der Waals surface area contributed by atoms with Crippen molar-refractivity contribution in [3.05, 3.63) is 0 Å². The van der Waals surface area contributed by atoms with Crippen LogP contribution in [0.2, 0.25) is 0 Å². The number of carbonyl (C=O) groups is 1. The molecule has 0 aromatic rings. The van der Waals surface area contributed by atoms with Crippen molar-refractivity contribution in [2.45, 2.75) is 40.9 Å². The topological polar surface area (TPSA) is 96.3 Å². The molecule has 0 bridgehead atoms. The minimum Gasteiger partial charge on any atom is -0.435 e. The lowest BCUT2D eigenvalue weighted by Crippen LogP contribution is -2.70. The standard InChI is InChI=1S/C10H10Cl7NO7/c1-3(19)9(22-8(18)10(11,12)13)7(25-17)6(24-16)5(23-15)4(21-9)2-20-14/h4-7,18H,2H2,1H3/t4-,5-,6+,7-,9?/m1/s1. The molecule has 1 N–H and O–H groups in total. The Kier molecular flexibility index (Phi) is 9.56. The number of Topliss-reactive ketones (excluding diaryl/α,β-unsaturated/α-hetero) is 1. The van der Waals surface area contributed by atoms with Gasteiger partial charge in [-0.15, -0.1) is 0 Å². The molecule has 0 saturated carbocycles. The van der Waals surface area contributed by atoms with E-state index in [2.05, 4.69) is 4.29 Å². The van der Waals surface area contributed by atoms with Crippen LogP contribution < -0.4 is 0 Å². The average molecular weight is 504 g/mol. The van der Waals surface area contributed by atoms with Gasteiger partial charge in [-0.25, -0.2) is 0 Å². The molecule has 15 heteroatoms. The van der Waals surface area contributed by atoms with Crippen molar-refractivity contribution >= 4 is 93.9 Å². The van der Waals surface area contributed by atoms with Gasteiger partial charge >= 0.3 is 5.79 Å². The summed E-state index contributed by atoms with van der Waals surface area (Å²) >= 11 is 38.3. The van der Waals surface area contributed by atoms with Crippen LogP contribution in [0.3, 0.4) is 0 Å². The molecule has 0 spiro atoms. The molecule has 0 aromatic heterocycles. The first-order chi connectivity index (χ1) is 11.6. The second kappa shape index (κ2) is 9.95. The Bertz CT molecular complexity index is 493.